The highest BCUT2D eigenvalue weighted by atomic mass is 19.1. The summed E-state index contributed by atoms with van der Waals surface area (Å²) in [4.78, 5) is 11.1. The molecule has 1 heterocycles. The molecule has 4 aromatic rings. The van der Waals surface area contributed by atoms with Crippen LogP contribution in [-0.4, -0.2) is 11.1 Å². The van der Waals surface area contributed by atoms with E-state index in [1.54, 1.807) is 6.26 Å². The predicted octanol–water partition coefficient (Wildman–Crippen LogP) is 5.21. The van der Waals surface area contributed by atoms with Gasteiger partial charge in [-0.05, 0) is 53.4 Å². The van der Waals surface area contributed by atoms with Gasteiger partial charge in [0.1, 0.15) is 23.8 Å². The Morgan fingerprint density at radius 1 is 1.13 bits per heavy atom. The number of aliphatic carboxylic acids is 1. The van der Waals surface area contributed by atoms with Crippen LogP contribution in [0.3, 0.4) is 0 Å². The molecular formula is C25H22FNO4. The van der Waals surface area contributed by atoms with Crippen LogP contribution < -0.4 is 10.5 Å². The summed E-state index contributed by atoms with van der Waals surface area (Å²) in [6, 6.07) is 15.8. The zero-order valence-corrected chi connectivity index (χ0v) is 17.0. The topological polar surface area (TPSA) is 85.7 Å². The zero-order chi connectivity index (χ0) is 22.0. The number of carbonyl (C=O) groups is 1. The van der Waals surface area contributed by atoms with Crippen LogP contribution in [0.4, 0.5) is 4.39 Å². The summed E-state index contributed by atoms with van der Waals surface area (Å²) < 4.78 is 25.4. The first-order valence-corrected chi connectivity index (χ1v) is 9.87. The Bertz CT molecular complexity index is 1260. The number of hydrogen-bond acceptors (Lipinski definition) is 4. The third-order valence-corrected chi connectivity index (χ3v) is 5.17. The average Bonchev–Trinajstić information content (AvgIpc) is 3.14. The van der Waals surface area contributed by atoms with Gasteiger partial charge in [0.15, 0.2) is 0 Å². The van der Waals surface area contributed by atoms with E-state index in [0.29, 0.717) is 12.1 Å². The lowest BCUT2D eigenvalue weighted by Crippen LogP contribution is -2.05. The molecule has 0 aliphatic rings. The summed E-state index contributed by atoms with van der Waals surface area (Å²) in [6.07, 6.45) is 1.47. The molecule has 0 saturated heterocycles. The van der Waals surface area contributed by atoms with Gasteiger partial charge < -0.3 is 20.0 Å². The molecule has 3 N–H and O–H groups in total. The van der Waals surface area contributed by atoms with Crippen molar-refractivity contribution in [2.75, 3.05) is 0 Å². The van der Waals surface area contributed by atoms with Crippen LogP contribution >= 0.6 is 0 Å². The SMILES string of the molecule is Cc1coc2c(-c3cccc(CN)c3)cc(COc3cc(F)ccc3CC(=O)O)cc12. The summed E-state index contributed by atoms with van der Waals surface area (Å²) in [7, 11) is 0. The smallest absolute Gasteiger partial charge is 0.307 e. The molecular weight excluding hydrogens is 397 g/mol. The number of carboxylic acids is 1. The summed E-state index contributed by atoms with van der Waals surface area (Å²) in [5.41, 5.74) is 11.7. The molecule has 0 fully saturated rings. The van der Waals surface area contributed by atoms with E-state index in [-0.39, 0.29) is 18.8 Å². The minimum atomic E-state index is -1.01. The van der Waals surface area contributed by atoms with Crippen LogP contribution in [-0.2, 0) is 24.4 Å². The minimum Gasteiger partial charge on any atom is -0.488 e. The standard InChI is InChI=1S/C25H22FNO4/c1-15-13-31-25-21(15)8-17(9-22(25)18-4-2-3-16(7-18)12-27)14-30-23-11-20(26)6-5-19(23)10-24(28)29/h2-9,11,13H,10,12,14,27H2,1H3,(H,28,29). The number of aryl methyl sites for hydroxylation is 1. The van der Waals surface area contributed by atoms with Crippen molar-refractivity contribution in [3.63, 3.8) is 0 Å². The van der Waals surface area contributed by atoms with Crippen molar-refractivity contribution in [3.8, 4) is 16.9 Å². The maximum absolute atomic E-state index is 13.7. The normalized spacial score (nSPS) is 11.1. The van der Waals surface area contributed by atoms with E-state index in [4.69, 9.17) is 20.0 Å². The van der Waals surface area contributed by atoms with Gasteiger partial charge in [0.05, 0.1) is 12.7 Å². The number of ether oxygens (including phenoxy) is 1. The van der Waals surface area contributed by atoms with Crippen LogP contribution in [0.25, 0.3) is 22.1 Å². The molecule has 0 amide bonds. The molecule has 5 nitrogen and oxygen atoms in total. The van der Waals surface area contributed by atoms with Crippen molar-refractivity contribution in [1.29, 1.82) is 0 Å². The van der Waals surface area contributed by atoms with E-state index >= 15 is 0 Å². The maximum atomic E-state index is 13.7. The minimum absolute atomic E-state index is 0.153. The van der Waals surface area contributed by atoms with Gasteiger partial charge in [-0.1, -0.05) is 24.3 Å². The van der Waals surface area contributed by atoms with Gasteiger partial charge in [0.25, 0.3) is 0 Å². The van der Waals surface area contributed by atoms with Gasteiger partial charge >= 0.3 is 5.97 Å². The lowest BCUT2D eigenvalue weighted by molar-refractivity contribution is -0.136. The van der Waals surface area contributed by atoms with Crippen LogP contribution in [0.15, 0.2) is 65.3 Å². The van der Waals surface area contributed by atoms with Crippen LogP contribution in [0, 0.1) is 12.7 Å². The largest absolute Gasteiger partial charge is 0.488 e. The van der Waals surface area contributed by atoms with Gasteiger partial charge in [-0.25, -0.2) is 4.39 Å². The highest BCUT2D eigenvalue weighted by molar-refractivity contribution is 5.95. The number of furan rings is 1. The summed E-state index contributed by atoms with van der Waals surface area (Å²) >= 11 is 0. The molecule has 0 bridgehead atoms. The number of benzene rings is 3. The Hall–Kier alpha value is -3.64. The number of halogens is 1. The predicted molar refractivity (Wildman–Crippen MR) is 116 cm³/mol. The number of fused-ring (bicyclic) bond motifs is 1. The lowest BCUT2D eigenvalue weighted by Gasteiger charge is -2.13. The van der Waals surface area contributed by atoms with E-state index in [9.17, 15) is 9.18 Å². The second-order valence-electron chi connectivity index (χ2n) is 7.45. The highest BCUT2D eigenvalue weighted by Crippen LogP contribution is 2.34. The molecule has 1 aromatic heterocycles. The first-order valence-electron chi connectivity index (χ1n) is 9.87. The van der Waals surface area contributed by atoms with Crippen molar-refractivity contribution < 1.29 is 23.4 Å². The van der Waals surface area contributed by atoms with Gasteiger partial charge in [0.2, 0.25) is 0 Å². The van der Waals surface area contributed by atoms with Crippen molar-refractivity contribution in [1.82, 2.24) is 0 Å². The average molecular weight is 419 g/mol. The van der Waals surface area contributed by atoms with Crippen LogP contribution in [0.1, 0.15) is 22.3 Å². The summed E-state index contributed by atoms with van der Waals surface area (Å²) in [5.74, 6) is -1.27. The molecule has 0 unspecified atom stereocenters. The van der Waals surface area contributed by atoms with Gasteiger partial charge in [-0.2, -0.15) is 0 Å². The molecule has 0 aliphatic carbocycles. The Balaban J connectivity index is 1.72. The summed E-state index contributed by atoms with van der Waals surface area (Å²) in [6.45, 7) is 2.55. The van der Waals surface area contributed by atoms with Crippen molar-refractivity contribution >= 4 is 16.9 Å². The molecule has 31 heavy (non-hydrogen) atoms. The summed E-state index contributed by atoms with van der Waals surface area (Å²) in [5, 5.41) is 10.1. The number of nitrogens with two attached hydrogens (primary N) is 1. The number of carboxylic acid groups (broad SMARTS) is 1. The van der Waals surface area contributed by atoms with E-state index in [1.165, 1.54) is 18.2 Å². The Morgan fingerprint density at radius 2 is 1.97 bits per heavy atom. The molecule has 4 rings (SSSR count). The third kappa shape index (κ3) is 4.44. The molecule has 158 valence electrons. The fourth-order valence-electron chi connectivity index (χ4n) is 3.62. The van der Waals surface area contributed by atoms with Crippen molar-refractivity contribution in [2.45, 2.75) is 26.5 Å². The molecule has 0 saturated carbocycles. The zero-order valence-electron chi connectivity index (χ0n) is 17.0. The van der Waals surface area contributed by atoms with E-state index in [2.05, 4.69) is 0 Å². The second-order valence-corrected chi connectivity index (χ2v) is 7.45. The monoisotopic (exact) mass is 419 g/mol. The highest BCUT2D eigenvalue weighted by Gasteiger charge is 2.14. The van der Waals surface area contributed by atoms with Crippen LogP contribution in [0.5, 0.6) is 5.75 Å². The quantitative estimate of drug-likeness (QED) is 0.429. The molecule has 0 atom stereocenters. The first kappa shape index (κ1) is 20.6. The fourth-order valence-corrected chi connectivity index (χ4v) is 3.62. The van der Waals surface area contributed by atoms with Crippen LogP contribution in [0.2, 0.25) is 0 Å². The Morgan fingerprint density at radius 3 is 2.74 bits per heavy atom. The molecule has 0 spiro atoms. The Labute approximate surface area is 178 Å². The molecule has 0 radical (unpaired) electrons. The molecule has 3 aromatic carbocycles. The van der Waals surface area contributed by atoms with E-state index in [0.717, 1.165) is 38.8 Å². The number of rotatable bonds is 7. The van der Waals surface area contributed by atoms with E-state index < -0.39 is 11.8 Å². The van der Waals surface area contributed by atoms with Gasteiger partial charge in [-0.15, -0.1) is 0 Å². The van der Waals surface area contributed by atoms with E-state index in [1.807, 2.05) is 43.3 Å². The van der Waals surface area contributed by atoms with Gasteiger partial charge in [0, 0.05) is 29.1 Å². The number of hydrogen-bond donors (Lipinski definition) is 2. The Kier molecular flexibility index (Phi) is 5.73. The molecule has 0 aliphatic heterocycles. The maximum Gasteiger partial charge on any atom is 0.307 e. The van der Waals surface area contributed by atoms with Crippen molar-refractivity contribution in [2.24, 2.45) is 5.73 Å². The lowest BCUT2D eigenvalue weighted by atomic mass is 9.98. The fraction of sp³-hybridized carbons (Fsp3) is 0.160. The third-order valence-electron chi connectivity index (χ3n) is 5.17. The second kappa shape index (κ2) is 8.62. The first-order chi connectivity index (χ1) is 14.9. The molecule has 6 heteroatoms. The van der Waals surface area contributed by atoms with Gasteiger partial charge in [-0.3, -0.25) is 4.79 Å². The van der Waals surface area contributed by atoms with Crippen molar-refractivity contribution in [3.05, 3.63) is 88.9 Å².